The third-order valence-electron chi connectivity index (χ3n) is 7.64. The lowest BCUT2D eigenvalue weighted by molar-refractivity contribution is -0.140. The molecule has 0 aliphatic heterocycles. The van der Waals surface area contributed by atoms with Gasteiger partial charge in [0.2, 0.25) is 0 Å². The van der Waals surface area contributed by atoms with Crippen molar-refractivity contribution in [3.63, 3.8) is 0 Å². The van der Waals surface area contributed by atoms with Gasteiger partial charge in [-0.15, -0.1) is 0 Å². The van der Waals surface area contributed by atoms with Gasteiger partial charge in [-0.05, 0) is 62.1 Å². The average Bonchev–Trinajstić information content (AvgIpc) is 3.08. The van der Waals surface area contributed by atoms with Crippen LogP contribution in [0.3, 0.4) is 0 Å². The molecule has 1 aliphatic rings. The third kappa shape index (κ3) is 10.5. The minimum absolute atomic E-state index is 0.105. The summed E-state index contributed by atoms with van der Waals surface area (Å²) >= 11 is 0. The van der Waals surface area contributed by atoms with Crippen molar-refractivity contribution in [1.29, 1.82) is 0 Å². The molecule has 4 atom stereocenters. The first-order chi connectivity index (χ1) is 15.0. The Morgan fingerprint density at radius 1 is 1.09 bits per heavy atom. The number of carbonyl (C=O) groups is 1. The largest absolute Gasteiger partial charge is 0.469 e. The van der Waals surface area contributed by atoms with E-state index >= 15 is 0 Å². The number of allylic oxidation sites excluding steroid dienone is 1. The normalized spacial score (nSPS) is 23.1. The number of esters is 1. The fraction of sp³-hybridized carbons (Fsp3) is 0.889. The highest BCUT2D eigenvalue weighted by atomic mass is 28.4. The summed E-state index contributed by atoms with van der Waals surface area (Å²) in [5.74, 6) is 0.927. The van der Waals surface area contributed by atoms with Gasteiger partial charge in [0.25, 0.3) is 0 Å². The summed E-state index contributed by atoms with van der Waals surface area (Å²) in [6, 6.07) is 0. The summed E-state index contributed by atoms with van der Waals surface area (Å²) in [7, 11) is -0.352. The van der Waals surface area contributed by atoms with E-state index in [4.69, 9.17) is 9.16 Å². The highest BCUT2D eigenvalue weighted by Crippen LogP contribution is 2.44. The number of hydrogen-bond acceptors (Lipinski definition) is 4. The van der Waals surface area contributed by atoms with Gasteiger partial charge in [-0.1, -0.05) is 78.4 Å². The minimum Gasteiger partial charge on any atom is -0.469 e. The third-order valence-corrected chi connectivity index (χ3v) is 12.1. The molecule has 188 valence electrons. The first kappa shape index (κ1) is 29.4. The summed E-state index contributed by atoms with van der Waals surface area (Å²) in [6.07, 6.45) is 17.0. The van der Waals surface area contributed by atoms with Gasteiger partial charge >= 0.3 is 5.97 Å². The predicted molar refractivity (Wildman–Crippen MR) is 137 cm³/mol. The Balaban J connectivity index is 2.69. The summed E-state index contributed by atoms with van der Waals surface area (Å²) in [6.45, 7) is 13.9. The van der Waals surface area contributed by atoms with Crippen LogP contribution in [0.1, 0.15) is 105 Å². The van der Waals surface area contributed by atoms with Crippen molar-refractivity contribution >= 4 is 14.3 Å². The van der Waals surface area contributed by atoms with Crippen molar-refractivity contribution in [2.75, 3.05) is 7.11 Å². The van der Waals surface area contributed by atoms with E-state index in [0.29, 0.717) is 24.4 Å². The number of ether oxygens (including phenoxy) is 1. The quantitative estimate of drug-likeness (QED) is 0.118. The molecule has 1 aliphatic carbocycles. The molecule has 32 heavy (non-hydrogen) atoms. The van der Waals surface area contributed by atoms with Crippen LogP contribution in [-0.4, -0.2) is 38.7 Å². The van der Waals surface area contributed by atoms with Gasteiger partial charge in [-0.2, -0.15) is 0 Å². The van der Waals surface area contributed by atoms with Gasteiger partial charge in [0.05, 0.1) is 13.2 Å². The Bertz CT molecular complexity index is 552. The molecule has 1 N–H and O–H groups in total. The van der Waals surface area contributed by atoms with Crippen LogP contribution in [0.2, 0.25) is 18.1 Å². The first-order valence-electron chi connectivity index (χ1n) is 13.1. The molecule has 0 amide bonds. The van der Waals surface area contributed by atoms with Gasteiger partial charge in [-0.25, -0.2) is 0 Å². The summed E-state index contributed by atoms with van der Waals surface area (Å²) in [5.41, 5.74) is 0. The fourth-order valence-corrected chi connectivity index (χ4v) is 5.88. The van der Waals surface area contributed by atoms with Crippen LogP contribution >= 0.6 is 0 Å². The molecular weight excluding hydrogens is 416 g/mol. The summed E-state index contributed by atoms with van der Waals surface area (Å²) in [4.78, 5) is 11.3. The molecule has 0 bridgehead atoms. The SMILES string of the molecule is CCCCC[C@H](O)/C=C/[C@H]1CC[C@H](O[Si](C)(C)C(C)(C)C)[C@@H]1CCCCCCC(=O)OC. The molecule has 5 heteroatoms. The maximum Gasteiger partial charge on any atom is 0.305 e. The molecule has 1 saturated carbocycles. The zero-order valence-electron chi connectivity index (χ0n) is 22.1. The summed E-state index contributed by atoms with van der Waals surface area (Å²) < 4.78 is 11.6. The number of aliphatic hydroxyl groups is 1. The molecule has 0 aromatic carbocycles. The van der Waals surface area contributed by atoms with E-state index in [-0.39, 0.29) is 17.1 Å². The monoisotopic (exact) mass is 468 g/mol. The van der Waals surface area contributed by atoms with Crippen LogP contribution in [0.25, 0.3) is 0 Å². The second-order valence-corrected chi connectivity index (χ2v) is 16.1. The highest BCUT2D eigenvalue weighted by Gasteiger charge is 2.43. The van der Waals surface area contributed by atoms with E-state index in [1.807, 2.05) is 0 Å². The molecule has 0 unspecified atom stereocenters. The van der Waals surface area contributed by atoms with Crippen molar-refractivity contribution < 1.29 is 19.1 Å². The number of rotatable bonds is 15. The molecule has 0 spiro atoms. The van der Waals surface area contributed by atoms with Crippen molar-refractivity contribution in [2.45, 2.75) is 135 Å². The molecule has 0 saturated heterocycles. The first-order valence-corrected chi connectivity index (χ1v) is 16.0. The predicted octanol–water partition coefficient (Wildman–Crippen LogP) is 7.41. The lowest BCUT2D eigenvalue weighted by atomic mass is 9.88. The maximum absolute atomic E-state index is 11.3. The van der Waals surface area contributed by atoms with Crippen LogP contribution in [-0.2, 0) is 14.0 Å². The molecular formula is C27H52O4Si. The number of unbranched alkanes of at least 4 members (excludes halogenated alkanes) is 5. The molecule has 4 nitrogen and oxygen atoms in total. The molecule has 0 heterocycles. The zero-order chi connectivity index (χ0) is 24.2. The number of carbonyl (C=O) groups excluding carboxylic acids is 1. The minimum atomic E-state index is -1.81. The second kappa shape index (κ2) is 14.6. The lowest BCUT2D eigenvalue weighted by Gasteiger charge is -2.40. The average molecular weight is 469 g/mol. The molecule has 1 rings (SSSR count). The lowest BCUT2D eigenvalue weighted by Crippen LogP contribution is -2.45. The van der Waals surface area contributed by atoms with Crippen LogP contribution in [0, 0.1) is 11.8 Å². The van der Waals surface area contributed by atoms with Crippen LogP contribution in [0.15, 0.2) is 12.2 Å². The van der Waals surface area contributed by atoms with Crippen molar-refractivity contribution in [2.24, 2.45) is 11.8 Å². The smallest absolute Gasteiger partial charge is 0.305 e. The van der Waals surface area contributed by atoms with Crippen molar-refractivity contribution in [3.8, 4) is 0 Å². The Labute approximate surface area is 199 Å². The van der Waals surface area contributed by atoms with Gasteiger partial charge in [0.15, 0.2) is 8.32 Å². The Morgan fingerprint density at radius 2 is 1.78 bits per heavy atom. The van der Waals surface area contributed by atoms with Gasteiger partial charge in [-0.3, -0.25) is 4.79 Å². The van der Waals surface area contributed by atoms with E-state index in [2.05, 4.69) is 52.9 Å². The van der Waals surface area contributed by atoms with Gasteiger partial charge in [0, 0.05) is 12.5 Å². The van der Waals surface area contributed by atoms with E-state index in [9.17, 15) is 9.90 Å². The van der Waals surface area contributed by atoms with E-state index in [1.165, 1.54) is 32.8 Å². The van der Waals surface area contributed by atoms with Crippen LogP contribution in [0.5, 0.6) is 0 Å². The molecule has 0 aromatic rings. The maximum atomic E-state index is 11.3. The van der Waals surface area contributed by atoms with Crippen LogP contribution in [0.4, 0.5) is 0 Å². The summed E-state index contributed by atoms with van der Waals surface area (Å²) in [5, 5.41) is 10.6. The van der Waals surface area contributed by atoms with Gasteiger partial charge < -0.3 is 14.3 Å². The zero-order valence-corrected chi connectivity index (χ0v) is 23.1. The van der Waals surface area contributed by atoms with E-state index in [1.54, 1.807) is 0 Å². The topological polar surface area (TPSA) is 55.8 Å². The second-order valence-electron chi connectivity index (χ2n) is 11.3. The number of methoxy groups -OCH3 is 1. The Hall–Kier alpha value is -0.653. The number of hydrogen-bond donors (Lipinski definition) is 1. The standard InChI is InChI=1S/C27H52O4Si/c1-8-9-12-15-23(28)20-18-22-19-21-25(31-32(6,7)27(2,3)4)24(22)16-13-10-11-14-17-26(29)30-5/h18,20,22-25,28H,8-17,19,21H2,1-7H3/b20-18+/t22-,23-,24+,25-/m0/s1. The Morgan fingerprint density at radius 3 is 2.41 bits per heavy atom. The van der Waals surface area contributed by atoms with Crippen molar-refractivity contribution in [3.05, 3.63) is 12.2 Å². The Kier molecular flexibility index (Phi) is 13.4. The fourth-order valence-electron chi connectivity index (χ4n) is 4.48. The molecule has 0 aromatic heterocycles. The van der Waals surface area contributed by atoms with Gasteiger partial charge in [0.1, 0.15) is 0 Å². The highest BCUT2D eigenvalue weighted by molar-refractivity contribution is 6.74. The molecule has 0 radical (unpaired) electrons. The van der Waals surface area contributed by atoms with E-state index in [0.717, 1.165) is 44.9 Å². The van der Waals surface area contributed by atoms with Crippen molar-refractivity contribution in [1.82, 2.24) is 0 Å². The number of aliphatic hydroxyl groups excluding tert-OH is 1. The molecule has 1 fully saturated rings. The van der Waals surface area contributed by atoms with Crippen LogP contribution < -0.4 is 0 Å². The van der Waals surface area contributed by atoms with E-state index < -0.39 is 8.32 Å².